The number of anilines is 1. The molecular weight excluding hydrogens is 409 g/mol. The van der Waals surface area contributed by atoms with Gasteiger partial charge in [-0.05, 0) is 54.7 Å². The van der Waals surface area contributed by atoms with Gasteiger partial charge in [0.1, 0.15) is 6.54 Å². The second kappa shape index (κ2) is 7.91. The molecule has 1 amide bonds. The first-order chi connectivity index (χ1) is 12.8. The number of azo groups is 1. The van der Waals surface area contributed by atoms with Crippen molar-refractivity contribution in [1.82, 2.24) is 4.57 Å². The van der Waals surface area contributed by atoms with Crippen molar-refractivity contribution in [3.05, 3.63) is 52.5 Å². The number of thiocarbonyl (C=S) groups is 1. The molecule has 0 aliphatic carbocycles. The molecule has 0 saturated heterocycles. The lowest BCUT2D eigenvalue weighted by atomic mass is 10.2. The highest BCUT2D eigenvalue weighted by Gasteiger charge is 2.19. The van der Waals surface area contributed by atoms with Crippen LogP contribution in [0.4, 0.5) is 11.4 Å². The Balaban J connectivity index is 1.96. The highest BCUT2D eigenvalue weighted by Crippen LogP contribution is 2.40. The lowest BCUT2D eigenvalue weighted by molar-refractivity contribution is -0.116. The highest BCUT2D eigenvalue weighted by atomic mass is 35.5. The third kappa shape index (κ3) is 4.36. The zero-order valence-electron chi connectivity index (χ0n) is 13.7. The summed E-state index contributed by atoms with van der Waals surface area (Å²) in [6.07, 6.45) is 0. The van der Waals surface area contributed by atoms with E-state index in [0.717, 1.165) is 0 Å². The monoisotopic (exact) mass is 421 g/mol. The van der Waals surface area contributed by atoms with Gasteiger partial charge in [-0.2, -0.15) is 0 Å². The number of hydrogen-bond donors (Lipinski definition) is 3. The van der Waals surface area contributed by atoms with Crippen LogP contribution in [0, 0.1) is 0 Å². The van der Waals surface area contributed by atoms with Crippen LogP contribution < -0.4 is 11.1 Å². The fourth-order valence-electron chi connectivity index (χ4n) is 2.53. The average molecular weight is 422 g/mol. The predicted octanol–water partition coefficient (Wildman–Crippen LogP) is 4.62. The number of aromatic hydroxyl groups is 1. The van der Waals surface area contributed by atoms with E-state index in [1.54, 1.807) is 42.5 Å². The van der Waals surface area contributed by atoms with Crippen molar-refractivity contribution >= 4 is 68.7 Å². The summed E-state index contributed by atoms with van der Waals surface area (Å²) in [7, 11) is 0. The van der Waals surface area contributed by atoms with E-state index in [1.807, 2.05) is 0 Å². The smallest absolute Gasteiger partial charge is 0.244 e. The Morgan fingerprint density at radius 2 is 1.85 bits per heavy atom. The van der Waals surface area contributed by atoms with Crippen molar-refractivity contribution in [2.24, 2.45) is 16.0 Å². The molecule has 0 saturated carbocycles. The number of hydrogen-bond acceptors (Lipinski definition) is 4. The summed E-state index contributed by atoms with van der Waals surface area (Å²) < 4.78 is 1.39. The number of benzene rings is 2. The maximum Gasteiger partial charge on any atom is 0.244 e. The zero-order valence-corrected chi connectivity index (χ0v) is 16.0. The third-order valence-electron chi connectivity index (χ3n) is 3.65. The lowest BCUT2D eigenvalue weighted by Crippen LogP contribution is -2.18. The van der Waals surface area contributed by atoms with E-state index in [1.165, 1.54) is 4.57 Å². The van der Waals surface area contributed by atoms with Gasteiger partial charge in [-0.25, -0.2) is 0 Å². The quantitative estimate of drug-likeness (QED) is 0.422. The number of halogens is 2. The highest BCUT2D eigenvalue weighted by molar-refractivity contribution is 7.80. The Morgan fingerprint density at radius 3 is 2.52 bits per heavy atom. The molecule has 0 bridgehead atoms. The van der Waals surface area contributed by atoms with Crippen LogP contribution in [0.2, 0.25) is 10.0 Å². The number of fused-ring (bicyclic) bond motifs is 1. The fraction of sp³-hybridized carbons (Fsp3) is 0.0588. The van der Waals surface area contributed by atoms with E-state index < -0.39 is 0 Å². The van der Waals surface area contributed by atoms with Crippen LogP contribution in [0.15, 0.2) is 52.7 Å². The van der Waals surface area contributed by atoms with E-state index in [9.17, 15) is 9.90 Å². The average Bonchev–Trinajstić information content (AvgIpc) is 2.86. The van der Waals surface area contributed by atoms with Crippen LogP contribution in [0.1, 0.15) is 0 Å². The summed E-state index contributed by atoms with van der Waals surface area (Å²) in [6, 6.07) is 11.6. The molecule has 0 atom stereocenters. The number of carbonyl (C=O) groups excluding carboxylic acids is 1. The van der Waals surface area contributed by atoms with Crippen molar-refractivity contribution in [3.63, 3.8) is 0 Å². The van der Waals surface area contributed by atoms with Gasteiger partial charge in [-0.15, -0.1) is 10.2 Å². The molecule has 7 nitrogen and oxygen atoms in total. The summed E-state index contributed by atoms with van der Waals surface area (Å²) in [5, 5.41) is 22.1. The van der Waals surface area contributed by atoms with Crippen molar-refractivity contribution in [2.45, 2.75) is 6.54 Å². The Kier molecular flexibility index (Phi) is 5.59. The normalized spacial score (nSPS) is 11.2. The van der Waals surface area contributed by atoms with Gasteiger partial charge in [0, 0.05) is 21.1 Å². The summed E-state index contributed by atoms with van der Waals surface area (Å²) in [5.41, 5.74) is 6.59. The molecule has 0 aliphatic heterocycles. The van der Waals surface area contributed by atoms with E-state index in [-0.39, 0.29) is 29.1 Å². The first-order valence-electron chi connectivity index (χ1n) is 7.62. The van der Waals surface area contributed by atoms with Crippen molar-refractivity contribution < 1.29 is 9.90 Å². The summed E-state index contributed by atoms with van der Waals surface area (Å²) >= 11 is 16.5. The summed E-state index contributed by atoms with van der Waals surface area (Å²) in [5.74, 6) is -0.601. The number of carbonyl (C=O) groups is 1. The van der Waals surface area contributed by atoms with Gasteiger partial charge in [-0.1, -0.05) is 23.2 Å². The van der Waals surface area contributed by atoms with Gasteiger partial charge in [-0.3, -0.25) is 4.79 Å². The van der Waals surface area contributed by atoms with Crippen molar-refractivity contribution in [2.75, 3.05) is 5.32 Å². The Bertz CT molecular complexity index is 1060. The van der Waals surface area contributed by atoms with Crippen LogP contribution in [0.3, 0.4) is 0 Å². The molecule has 0 aliphatic rings. The van der Waals surface area contributed by atoms with Crippen LogP contribution in [-0.4, -0.2) is 20.7 Å². The van der Waals surface area contributed by atoms with Gasteiger partial charge in [0.25, 0.3) is 0 Å². The fourth-order valence-corrected chi connectivity index (χ4v) is 2.87. The SMILES string of the molecule is NC(=S)N=Nc1c(O)n(CC(=O)Nc2ccc(Cl)cc2)c2ccc(Cl)cc12. The number of nitrogens with zero attached hydrogens (tertiary/aromatic N) is 3. The Hall–Kier alpha value is -2.68. The minimum atomic E-state index is -0.350. The molecular formula is C17H13Cl2N5O2S. The van der Waals surface area contributed by atoms with Gasteiger partial charge in [0.15, 0.2) is 5.69 Å². The summed E-state index contributed by atoms with van der Waals surface area (Å²) in [4.78, 5) is 12.4. The topological polar surface area (TPSA) is 105 Å². The van der Waals surface area contributed by atoms with Gasteiger partial charge >= 0.3 is 0 Å². The molecule has 1 aromatic heterocycles. The largest absolute Gasteiger partial charge is 0.493 e. The van der Waals surface area contributed by atoms with Crippen LogP contribution in [0.25, 0.3) is 10.9 Å². The number of rotatable bonds is 4. The lowest BCUT2D eigenvalue weighted by Gasteiger charge is -2.08. The zero-order chi connectivity index (χ0) is 19.6. The van der Waals surface area contributed by atoms with E-state index >= 15 is 0 Å². The number of amides is 1. The minimum Gasteiger partial charge on any atom is -0.493 e. The first-order valence-corrected chi connectivity index (χ1v) is 8.79. The second-order valence-electron chi connectivity index (χ2n) is 5.51. The molecule has 3 aromatic rings. The van der Waals surface area contributed by atoms with Gasteiger partial charge < -0.3 is 20.7 Å². The summed E-state index contributed by atoms with van der Waals surface area (Å²) in [6.45, 7) is -0.158. The van der Waals surface area contributed by atoms with Gasteiger partial charge in [0.05, 0.1) is 5.52 Å². The number of aromatic nitrogens is 1. The molecule has 2 aromatic carbocycles. The molecule has 0 spiro atoms. The molecule has 0 fully saturated rings. The molecule has 10 heteroatoms. The Labute approximate surface area is 169 Å². The van der Waals surface area contributed by atoms with Gasteiger partial charge in [0.2, 0.25) is 16.9 Å². The maximum atomic E-state index is 12.4. The molecule has 0 radical (unpaired) electrons. The molecule has 0 unspecified atom stereocenters. The second-order valence-corrected chi connectivity index (χ2v) is 6.80. The van der Waals surface area contributed by atoms with E-state index in [4.69, 9.17) is 28.9 Å². The van der Waals surface area contributed by atoms with Crippen LogP contribution >= 0.6 is 35.4 Å². The predicted molar refractivity (Wildman–Crippen MR) is 110 cm³/mol. The molecule has 3 rings (SSSR count). The Morgan fingerprint density at radius 1 is 1.19 bits per heavy atom. The van der Waals surface area contributed by atoms with Crippen molar-refractivity contribution in [3.8, 4) is 5.88 Å². The standard InChI is InChI=1S/C17H13Cl2N5O2S/c18-9-1-4-11(5-2-9)21-14(25)8-24-13-6-3-10(19)7-12(13)15(16(24)26)22-23-17(20)27/h1-7,26H,8H2,(H2,20,27)(H,21,25). The minimum absolute atomic E-state index is 0.125. The van der Waals surface area contributed by atoms with Crippen LogP contribution in [-0.2, 0) is 11.3 Å². The van der Waals surface area contributed by atoms with E-state index in [2.05, 4.69) is 27.8 Å². The first kappa shape index (κ1) is 19.1. The number of nitrogens with two attached hydrogens (primary N) is 1. The van der Waals surface area contributed by atoms with Crippen molar-refractivity contribution in [1.29, 1.82) is 0 Å². The number of nitrogens with one attached hydrogen (secondary N) is 1. The van der Waals surface area contributed by atoms with Crippen LogP contribution in [0.5, 0.6) is 5.88 Å². The third-order valence-corrected chi connectivity index (χ3v) is 4.22. The molecule has 1 heterocycles. The molecule has 138 valence electrons. The molecule has 4 N–H and O–H groups in total. The van der Waals surface area contributed by atoms with E-state index in [0.29, 0.717) is 26.6 Å². The molecule has 27 heavy (non-hydrogen) atoms. The maximum absolute atomic E-state index is 12.4.